The van der Waals surface area contributed by atoms with Crippen molar-refractivity contribution < 1.29 is 0 Å². The molecule has 1 aliphatic rings. The Morgan fingerprint density at radius 3 is 2.43 bits per heavy atom. The van der Waals surface area contributed by atoms with Crippen molar-refractivity contribution in [2.45, 2.75) is 26.3 Å². The third-order valence-electron chi connectivity index (χ3n) is 5.89. The Bertz CT molecular complexity index is 759. The molecule has 1 aromatic heterocycles. The van der Waals surface area contributed by atoms with E-state index in [1.165, 1.54) is 5.56 Å². The molecule has 0 amide bonds. The Labute approximate surface area is 181 Å². The summed E-state index contributed by atoms with van der Waals surface area (Å²) >= 11 is 0. The molecule has 0 spiro atoms. The van der Waals surface area contributed by atoms with E-state index in [0.717, 1.165) is 57.3 Å². The second-order valence-corrected chi connectivity index (χ2v) is 8.40. The Hall–Kier alpha value is -2.38. The van der Waals surface area contributed by atoms with Gasteiger partial charge in [-0.25, -0.2) is 4.68 Å². The van der Waals surface area contributed by atoms with Gasteiger partial charge in [-0.1, -0.05) is 26.0 Å². The molecule has 7 nitrogen and oxygen atoms in total. The first kappa shape index (κ1) is 22.3. The van der Waals surface area contributed by atoms with E-state index in [1.54, 1.807) is 6.20 Å². The number of rotatable bonds is 8. The second-order valence-electron chi connectivity index (χ2n) is 8.40. The minimum absolute atomic E-state index is 0.520. The van der Waals surface area contributed by atoms with Gasteiger partial charge in [-0.3, -0.25) is 9.89 Å². The molecule has 1 saturated heterocycles. The van der Waals surface area contributed by atoms with Crippen LogP contribution in [0, 0.1) is 5.92 Å². The van der Waals surface area contributed by atoms with Crippen LogP contribution in [0.3, 0.4) is 0 Å². The van der Waals surface area contributed by atoms with Crippen LogP contribution in [0.5, 0.6) is 0 Å². The lowest BCUT2D eigenvalue weighted by Crippen LogP contribution is -2.55. The molecule has 164 valence electrons. The standard InChI is InChI=1S/C23H37N7/c1-19(2)22(29-16-14-28(4)15-17-29)18-26-23(24-3)25-12-10-20-6-8-21(9-7-20)30-13-5-11-27-30/h5-9,11,13,19,22H,10,12,14-18H2,1-4H3,(H2,24,25,26). The lowest BCUT2D eigenvalue weighted by atomic mass is 10.0. The SMILES string of the molecule is CN=C(NCCc1ccc(-n2cccn2)cc1)NCC(C(C)C)N1CCN(C)CC1. The number of aliphatic imine (C=N–C) groups is 1. The second kappa shape index (κ2) is 11.1. The fraction of sp³-hybridized carbons (Fsp3) is 0.565. The van der Waals surface area contributed by atoms with E-state index in [0.29, 0.717) is 12.0 Å². The van der Waals surface area contributed by atoms with Crippen molar-refractivity contribution in [2.75, 3.05) is 53.4 Å². The third kappa shape index (κ3) is 6.31. The highest BCUT2D eigenvalue weighted by Gasteiger charge is 2.24. The lowest BCUT2D eigenvalue weighted by Gasteiger charge is -2.40. The molecule has 30 heavy (non-hydrogen) atoms. The van der Waals surface area contributed by atoms with E-state index in [2.05, 4.69) is 75.7 Å². The van der Waals surface area contributed by atoms with Gasteiger partial charge in [0.25, 0.3) is 0 Å². The van der Waals surface area contributed by atoms with Crippen LogP contribution >= 0.6 is 0 Å². The molecule has 1 unspecified atom stereocenters. The van der Waals surface area contributed by atoms with Crippen molar-refractivity contribution >= 4 is 5.96 Å². The number of piperazine rings is 1. The monoisotopic (exact) mass is 411 g/mol. The topological polar surface area (TPSA) is 60.7 Å². The van der Waals surface area contributed by atoms with E-state index in [9.17, 15) is 0 Å². The number of hydrogen-bond acceptors (Lipinski definition) is 4. The van der Waals surface area contributed by atoms with Gasteiger partial charge in [0.1, 0.15) is 0 Å². The molecule has 1 aromatic carbocycles. The molecule has 0 aliphatic carbocycles. The molecule has 1 fully saturated rings. The number of nitrogens with one attached hydrogen (secondary N) is 2. The van der Waals surface area contributed by atoms with Crippen molar-refractivity contribution in [3.8, 4) is 5.69 Å². The summed E-state index contributed by atoms with van der Waals surface area (Å²) in [5, 5.41) is 11.3. The van der Waals surface area contributed by atoms with Crippen molar-refractivity contribution in [1.82, 2.24) is 30.2 Å². The van der Waals surface area contributed by atoms with Crippen molar-refractivity contribution in [2.24, 2.45) is 10.9 Å². The lowest BCUT2D eigenvalue weighted by molar-refractivity contribution is 0.0900. The Balaban J connectivity index is 1.43. The zero-order valence-electron chi connectivity index (χ0n) is 18.9. The summed E-state index contributed by atoms with van der Waals surface area (Å²) in [6, 6.07) is 11.0. The largest absolute Gasteiger partial charge is 0.356 e. The highest BCUT2D eigenvalue weighted by atomic mass is 15.3. The van der Waals surface area contributed by atoms with Gasteiger partial charge in [0, 0.05) is 64.8 Å². The maximum Gasteiger partial charge on any atom is 0.191 e. The zero-order chi connectivity index (χ0) is 21.3. The Morgan fingerprint density at radius 1 is 1.10 bits per heavy atom. The van der Waals surface area contributed by atoms with Crippen LogP contribution in [0.1, 0.15) is 19.4 Å². The molecular formula is C23H37N7. The van der Waals surface area contributed by atoms with Crippen LogP contribution in [0.25, 0.3) is 5.69 Å². The minimum atomic E-state index is 0.520. The van der Waals surface area contributed by atoms with Gasteiger partial charge in [0.2, 0.25) is 0 Å². The maximum absolute atomic E-state index is 4.41. The van der Waals surface area contributed by atoms with Crippen LogP contribution in [-0.2, 0) is 6.42 Å². The van der Waals surface area contributed by atoms with E-state index in [4.69, 9.17) is 0 Å². The van der Waals surface area contributed by atoms with Crippen LogP contribution < -0.4 is 10.6 Å². The summed E-state index contributed by atoms with van der Waals surface area (Å²) in [4.78, 5) is 9.43. The maximum atomic E-state index is 4.41. The summed E-state index contributed by atoms with van der Waals surface area (Å²) in [6.45, 7) is 11.0. The van der Waals surface area contributed by atoms with Crippen LogP contribution in [0.2, 0.25) is 0 Å². The molecule has 0 saturated carbocycles. The van der Waals surface area contributed by atoms with Crippen LogP contribution in [0.4, 0.5) is 0 Å². The summed E-state index contributed by atoms with van der Waals surface area (Å²) in [6.07, 6.45) is 4.70. The molecule has 2 heterocycles. The predicted molar refractivity (Wildman–Crippen MR) is 124 cm³/mol. The van der Waals surface area contributed by atoms with E-state index in [-0.39, 0.29) is 0 Å². The molecule has 1 atom stereocenters. The van der Waals surface area contributed by atoms with Crippen molar-refractivity contribution in [1.29, 1.82) is 0 Å². The summed E-state index contributed by atoms with van der Waals surface area (Å²) in [5.74, 6) is 1.48. The van der Waals surface area contributed by atoms with Gasteiger partial charge in [0.05, 0.1) is 5.69 Å². The first-order valence-corrected chi connectivity index (χ1v) is 11.0. The number of hydrogen-bond donors (Lipinski definition) is 2. The average molecular weight is 412 g/mol. The van der Waals surface area contributed by atoms with Crippen molar-refractivity contribution in [3.05, 3.63) is 48.3 Å². The Morgan fingerprint density at radius 2 is 1.83 bits per heavy atom. The molecule has 3 rings (SSSR count). The summed E-state index contributed by atoms with van der Waals surface area (Å²) in [7, 11) is 4.05. The third-order valence-corrected chi connectivity index (χ3v) is 5.89. The highest BCUT2D eigenvalue weighted by molar-refractivity contribution is 5.79. The van der Waals surface area contributed by atoms with Gasteiger partial charge in [-0.15, -0.1) is 0 Å². The van der Waals surface area contributed by atoms with Crippen molar-refractivity contribution in [3.63, 3.8) is 0 Å². The molecule has 2 N–H and O–H groups in total. The normalized spacial score (nSPS) is 17.3. The van der Waals surface area contributed by atoms with Gasteiger partial charge in [0.15, 0.2) is 5.96 Å². The quantitative estimate of drug-likeness (QED) is 0.513. The van der Waals surface area contributed by atoms with E-state index >= 15 is 0 Å². The molecule has 0 bridgehead atoms. The number of guanidine groups is 1. The fourth-order valence-corrected chi connectivity index (χ4v) is 3.92. The van der Waals surface area contributed by atoms with Gasteiger partial charge in [-0.2, -0.15) is 5.10 Å². The number of likely N-dealkylation sites (N-methyl/N-ethyl adjacent to an activating group) is 1. The van der Waals surface area contributed by atoms with Gasteiger partial charge >= 0.3 is 0 Å². The first-order chi connectivity index (χ1) is 14.6. The van der Waals surface area contributed by atoms with E-state index < -0.39 is 0 Å². The summed E-state index contributed by atoms with van der Waals surface area (Å²) < 4.78 is 1.87. The fourth-order valence-electron chi connectivity index (χ4n) is 3.92. The zero-order valence-corrected chi connectivity index (χ0v) is 18.9. The molecular weight excluding hydrogens is 374 g/mol. The molecule has 0 radical (unpaired) electrons. The Kier molecular flexibility index (Phi) is 8.28. The average Bonchev–Trinajstić information content (AvgIpc) is 3.29. The molecule has 2 aromatic rings. The first-order valence-electron chi connectivity index (χ1n) is 11.0. The smallest absolute Gasteiger partial charge is 0.191 e. The summed E-state index contributed by atoms with van der Waals surface area (Å²) in [5.41, 5.74) is 2.38. The van der Waals surface area contributed by atoms with Crippen LogP contribution in [0.15, 0.2) is 47.7 Å². The molecule has 7 heteroatoms. The number of benzene rings is 1. The number of aromatic nitrogens is 2. The van der Waals surface area contributed by atoms with E-state index in [1.807, 2.05) is 24.0 Å². The predicted octanol–water partition coefficient (Wildman–Crippen LogP) is 1.85. The minimum Gasteiger partial charge on any atom is -0.356 e. The highest BCUT2D eigenvalue weighted by Crippen LogP contribution is 2.13. The number of nitrogens with zero attached hydrogens (tertiary/aromatic N) is 5. The van der Waals surface area contributed by atoms with Crippen LogP contribution in [-0.4, -0.2) is 84.9 Å². The van der Waals surface area contributed by atoms with Gasteiger partial charge < -0.3 is 15.5 Å². The molecule has 1 aliphatic heterocycles. The van der Waals surface area contributed by atoms with Gasteiger partial charge in [-0.05, 0) is 43.1 Å².